The van der Waals surface area contributed by atoms with Crippen molar-refractivity contribution >= 4 is 35.0 Å². The Morgan fingerprint density at radius 3 is 2.33 bits per heavy atom. The molecule has 3 aromatic rings. The zero-order valence-corrected chi connectivity index (χ0v) is 19.8. The second-order valence-corrected chi connectivity index (χ2v) is 8.12. The van der Waals surface area contributed by atoms with Crippen molar-refractivity contribution in [2.24, 2.45) is 0 Å². The van der Waals surface area contributed by atoms with Gasteiger partial charge in [0.05, 0.1) is 12.3 Å². The van der Waals surface area contributed by atoms with Crippen LogP contribution in [-0.2, 0) is 11.4 Å². The number of amides is 1. The number of rotatable bonds is 7. The van der Waals surface area contributed by atoms with Crippen LogP contribution in [0.25, 0.3) is 6.08 Å². The molecule has 1 aliphatic heterocycles. The van der Waals surface area contributed by atoms with Crippen LogP contribution in [0.3, 0.4) is 0 Å². The zero-order valence-electron chi connectivity index (χ0n) is 18.9. The molecule has 33 heavy (non-hydrogen) atoms. The fourth-order valence-electron chi connectivity index (χ4n) is 3.57. The summed E-state index contributed by atoms with van der Waals surface area (Å²) in [4.78, 5) is 16.6. The van der Waals surface area contributed by atoms with E-state index in [1.807, 2.05) is 61.5 Å². The van der Waals surface area contributed by atoms with Crippen LogP contribution in [-0.4, -0.2) is 29.6 Å². The summed E-state index contributed by atoms with van der Waals surface area (Å²) >= 11 is 5.59. The average Bonchev–Trinajstić information content (AvgIpc) is 3.03. The first-order valence-corrected chi connectivity index (χ1v) is 11.2. The number of benzene rings is 3. The van der Waals surface area contributed by atoms with Crippen LogP contribution in [0.4, 0.5) is 5.69 Å². The lowest BCUT2D eigenvalue weighted by atomic mass is 10.1. The van der Waals surface area contributed by atoms with Crippen molar-refractivity contribution in [1.29, 1.82) is 0 Å². The summed E-state index contributed by atoms with van der Waals surface area (Å²) in [7, 11) is 1.80. The van der Waals surface area contributed by atoms with Crippen molar-refractivity contribution in [2.45, 2.75) is 20.5 Å². The largest absolute Gasteiger partial charge is 0.494 e. The van der Waals surface area contributed by atoms with E-state index in [1.54, 1.807) is 11.9 Å². The molecule has 0 radical (unpaired) electrons. The Labute approximate surface area is 199 Å². The van der Waals surface area contributed by atoms with Gasteiger partial charge < -0.3 is 14.4 Å². The molecule has 0 aromatic heterocycles. The third-order valence-electron chi connectivity index (χ3n) is 5.39. The zero-order chi connectivity index (χ0) is 23.4. The molecular weight excluding hydrogens is 432 g/mol. The summed E-state index contributed by atoms with van der Waals surface area (Å²) in [6.07, 6.45) is 1.83. The van der Waals surface area contributed by atoms with Gasteiger partial charge in [-0.2, -0.15) is 0 Å². The SMILES string of the molecule is CCOc1ccc(N2C(=O)/C(=C/c3ccccc3OCc3ccc(C)cc3)N(C)C2=S)cc1. The Morgan fingerprint density at radius 2 is 1.64 bits per heavy atom. The fraction of sp³-hybridized carbons (Fsp3) is 0.185. The summed E-state index contributed by atoms with van der Waals surface area (Å²) in [6.45, 7) is 5.02. The number of hydrogen-bond donors (Lipinski definition) is 0. The average molecular weight is 459 g/mol. The molecule has 3 aromatic carbocycles. The van der Waals surface area contributed by atoms with Crippen LogP contribution in [0.5, 0.6) is 11.5 Å². The lowest BCUT2D eigenvalue weighted by Crippen LogP contribution is -2.31. The van der Waals surface area contributed by atoms with Gasteiger partial charge in [0.1, 0.15) is 23.8 Å². The highest BCUT2D eigenvalue weighted by Crippen LogP contribution is 2.31. The number of nitrogens with zero attached hydrogens (tertiary/aromatic N) is 2. The lowest BCUT2D eigenvalue weighted by Gasteiger charge is -2.16. The maximum atomic E-state index is 13.3. The van der Waals surface area contributed by atoms with E-state index in [-0.39, 0.29) is 5.91 Å². The number of thiocarbonyl (C=S) groups is 1. The van der Waals surface area contributed by atoms with Gasteiger partial charge in [-0.05, 0) is 68.0 Å². The second-order valence-electron chi connectivity index (χ2n) is 7.75. The molecule has 0 unspecified atom stereocenters. The highest BCUT2D eigenvalue weighted by molar-refractivity contribution is 7.80. The number of para-hydroxylation sites is 1. The molecular formula is C27H26N2O3S. The van der Waals surface area contributed by atoms with Gasteiger partial charge in [-0.15, -0.1) is 0 Å². The normalized spacial score (nSPS) is 14.8. The third kappa shape index (κ3) is 4.91. The quantitative estimate of drug-likeness (QED) is 0.342. The molecule has 0 atom stereocenters. The standard InChI is InChI=1S/C27H26N2O3S/c1-4-31-23-15-13-22(14-16-23)29-26(30)24(28(3)27(29)33)17-21-7-5-6-8-25(21)32-18-20-11-9-19(2)10-12-20/h5-17H,4,18H2,1-3H3/b24-17-. The molecule has 5 nitrogen and oxygen atoms in total. The van der Waals surface area contributed by atoms with Crippen molar-refractivity contribution < 1.29 is 14.3 Å². The van der Waals surface area contributed by atoms with Gasteiger partial charge in [-0.1, -0.05) is 48.0 Å². The minimum atomic E-state index is -0.181. The number of ether oxygens (including phenoxy) is 2. The molecule has 1 amide bonds. The number of carbonyl (C=O) groups excluding carboxylic acids is 1. The maximum absolute atomic E-state index is 13.3. The van der Waals surface area contributed by atoms with Crippen LogP contribution in [0.2, 0.25) is 0 Å². The summed E-state index contributed by atoms with van der Waals surface area (Å²) in [6, 6.07) is 23.3. The Balaban J connectivity index is 1.58. The van der Waals surface area contributed by atoms with E-state index in [9.17, 15) is 4.79 Å². The van der Waals surface area contributed by atoms with E-state index >= 15 is 0 Å². The van der Waals surface area contributed by atoms with Gasteiger partial charge in [0.2, 0.25) is 0 Å². The van der Waals surface area contributed by atoms with Crippen LogP contribution < -0.4 is 14.4 Å². The van der Waals surface area contributed by atoms with Crippen molar-refractivity contribution in [1.82, 2.24) is 4.90 Å². The summed E-state index contributed by atoms with van der Waals surface area (Å²) in [5.41, 5.74) is 4.30. The van der Waals surface area contributed by atoms with Crippen LogP contribution >= 0.6 is 12.2 Å². The van der Waals surface area contributed by atoms with Gasteiger partial charge in [0.25, 0.3) is 5.91 Å². The maximum Gasteiger partial charge on any atom is 0.281 e. The number of carbonyl (C=O) groups is 1. The Hall–Kier alpha value is -3.64. The molecule has 0 spiro atoms. The molecule has 1 saturated heterocycles. The Kier molecular flexibility index (Phi) is 6.75. The molecule has 6 heteroatoms. The van der Waals surface area contributed by atoms with Crippen molar-refractivity contribution in [3.8, 4) is 11.5 Å². The molecule has 0 aliphatic carbocycles. The summed E-state index contributed by atoms with van der Waals surface area (Å²) < 4.78 is 11.6. The summed E-state index contributed by atoms with van der Waals surface area (Å²) in [5, 5.41) is 0.425. The molecule has 0 bridgehead atoms. The first-order chi connectivity index (χ1) is 16.0. The summed E-state index contributed by atoms with van der Waals surface area (Å²) in [5.74, 6) is 1.28. The highest BCUT2D eigenvalue weighted by Gasteiger charge is 2.37. The van der Waals surface area contributed by atoms with Crippen molar-refractivity contribution in [2.75, 3.05) is 18.6 Å². The number of likely N-dealkylation sites (N-methyl/N-ethyl adjacent to an activating group) is 1. The van der Waals surface area contributed by atoms with Gasteiger partial charge in [0.15, 0.2) is 5.11 Å². The van der Waals surface area contributed by atoms with E-state index in [2.05, 4.69) is 31.2 Å². The number of hydrogen-bond acceptors (Lipinski definition) is 4. The van der Waals surface area contributed by atoms with E-state index in [0.29, 0.717) is 35.5 Å². The van der Waals surface area contributed by atoms with Crippen LogP contribution in [0.1, 0.15) is 23.6 Å². The van der Waals surface area contributed by atoms with E-state index in [0.717, 1.165) is 16.9 Å². The van der Waals surface area contributed by atoms with Crippen LogP contribution in [0, 0.1) is 6.92 Å². The minimum Gasteiger partial charge on any atom is -0.494 e. The Bertz CT molecular complexity index is 1190. The first-order valence-electron chi connectivity index (χ1n) is 10.8. The predicted molar refractivity (Wildman–Crippen MR) is 135 cm³/mol. The molecule has 168 valence electrons. The molecule has 1 heterocycles. The highest BCUT2D eigenvalue weighted by atomic mass is 32.1. The second kappa shape index (κ2) is 9.88. The third-order valence-corrected chi connectivity index (χ3v) is 5.85. The molecule has 0 N–H and O–H groups in total. The number of aryl methyl sites for hydroxylation is 1. The first kappa shape index (κ1) is 22.6. The minimum absolute atomic E-state index is 0.181. The van der Waals surface area contributed by atoms with Gasteiger partial charge in [-0.25, -0.2) is 0 Å². The monoisotopic (exact) mass is 458 g/mol. The predicted octanol–water partition coefficient (Wildman–Crippen LogP) is 5.58. The molecule has 1 aliphatic rings. The fourth-order valence-corrected chi connectivity index (χ4v) is 3.85. The lowest BCUT2D eigenvalue weighted by molar-refractivity contribution is -0.114. The van der Waals surface area contributed by atoms with Crippen LogP contribution in [0.15, 0.2) is 78.5 Å². The van der Waals surface area contributed by atoms with E-state index in [1.165, 1.54) is 10.5 Å². The van der Waals surface area contributed by atoms with Gasteiger partial charge in [-0.3, -0.25) is 9.69 Å². The number of anilines is 1. The van der Waals surface area contributed by atoms with Gasteiger partial charge in [0, 0.05) is 12.6 Å². The van der Waals surface area contributed by atoms with E-state index in [4.69, 9.17) is 21.7 Å². The molecule has 0 saturated carbocycles. The molecule has 1 fully saturated rings. The van der Waals surface area contributed by atoms with Crippen molar-refractivity contribution in [3.05, 3.63) is 95.2 Å². The van der Waals surface area contributed by atoms with Crippen molar-refractivity contribution in [3.63, 3.8) is 0 Å². The Morgan fingerprint density at radius 1 is 0.939 bits per heavy atom. The molecule has 4 rings (SSSR count). The van der Waals surface area contributed by atoms with E-state index < -0.39 is 0 Å². The van der Waals surface area contributed by atoms with Gasteiger partial charge >= 0.3 is 0 Å². The topological polar surface area (TPSA) is 42.0 Å². The smallest absolute Gasteiger partial charge is 0.281 e.